The standard InChI is InChI=1S/C13H21N3O4/c1-8(2)10(18)16-6-4-5-13(16)7-15(12(13)19)11(20-3)9(14)17/h8,11H,4-7H2,1-3H3,(H2,14,17)/t11-,13?/m0/s1. The maximum absolute atomic E-state index is 12.5. The predicted octanol–water partition coefficient (Wildman–Crippen LogP) is -0.696. The SMILES string of the molecule is CO[C@@H](C(N)=O)N1CC2(CCCN2C(=O)C(C)C)C1=O. The normalized spacial score (nSPS) is 27.1. The van der Waals surface area contributed by atoms with Crippen molar-refractivity contribution in [2.45, 2.75) is 38.5 Å². The quantitative estimate of drug-likeness (QED) is 0.691. The van der Waals surface area contributed by atoms with Gasteiger partial charge in [0, 0.05) is 19.6 Å². The fourth-order valence-electron chi connectivity index (χ4n) is 3.08. The highest BCUT2D eigenvalue weighted by Gasteiger charge is 2.61. The highest BCUT2D eigenvalue weighted by Crippen LogP contribution is 2.40. The summed E-state index contributed by atoms with van der Waals surface area (Å²) in [6.45, 7) is 4.53. The van der Waals surface area contributed by atoms with E-state index in [1.54, 1.807) is 4.90 Å². The lowest BCUT2D eigenvalue weighted by atomic mass is 9.84. The van der Waals surface area contributed by atoms with Crippen LogP contribution in [0.2, 0.25) is 0 Å². The van der Waals surface area contributed by atoms with Gasteiger partial charge in [0.05, 0.1) is 6.54 Å². The van der Waals surface area contributed by atoms with Crippen molar-refractivity contribution >= 4 is 17.7 Å². The molecule has 2 atom stereocenters. The molecule has 0 aromatic heterocycles. The van der Waals surface area contributed by atoms with E-state index in [0.717, 1.165) is 6.42 Å². The number of rotatable bonds is 4. The summed E-state index contributed by atoms with van der Waals surface area (Å²) in [7, 11) is 1.33. The zero-order valence-electron chi connectivity index (χ0n) is 12.1. The number of hydrogen-bond donors (Lipinski definition) is 1. The van der Waals surface area contributed by atoms with E-state index in [1.807, 2.05) is 13.8 Å². The molecule has 0 aliphatic carbocycles. The molecule has 3 amide bonds. The molecule has 0 aromatic rings. The van der Waals surface area contributed by atoms with Gasteiger partial charge in [0.1, 0.15) is 5.54 Å². The van der Waals surface area contributed by atoms with Crippen LogP contribution in [0.1, 0.15) is 26.7 Å². The average molecular weight is 283 g/mol. The number of amides is 3. The summed E-state index contributed by atoms with van der Waals surface area (Å²) in [5.41, 5.74) is 4.43. The van der Waals surface area contributed by atoms with Gasteiger partial charge in [-0.1, -0.05) is 13.8 Å². The third-order valence-electron chi connectivity index (χ3n) is 4.09. The number of methoxy groups -OCH3 is 1. The zero-order valence-corrected chi connectivity index (χ0v) is 12.1. The Hall–Kier alpha value is -1.63. The first kappa shape index (κ1) is 14.8. The second-order valence-corrected chi connectivity index (χ2v) is 5.70. The van der Waals surface area contributed by atoms with Crippen LogP contribution in [0.3, 0.4) is 0 Å². The Morgan fingerprint density at radius 3 is 2.50 bits per heavy atom. The summed E-state index contributed by atoms with van der Waals surface area (Å²) in [4.78, 5) is 38.9. The molecule has 2 aliphatic rings. The van der Waals surface area contributed by atoms with Gasteiger partial charge < -0.3 is 20.3 Å². The monoisotopic (exact) mass is 283 g/mol. The third-order valence-corrected chi connectivity index (χ3v) is 4.09. The summed E-state index contributed by atoms with van der Waals surface area (Å²) in [5, 5.41) is 0. The molecule has 7 nitrogen and oxygen atoms in total. The first-order chi connectivity index (χ1) is 9.35. The first-order valence-corrected chi connectivity index (χ1v) is 6.80. The Morgan fingerprint density at radius 1 is 1.40 bits per heavy atom. The van der Waals surface area contributed by atoms with E-state index in [0.29, 0.717) is 19.5 Å². The molecule has 2 saturated heterocycles. The summed E-state index contributed by atoms with van der Waals surface area (Å²) in [6, 6.07) is 0. The molecular formula is C13H21N3O4. The van der Waals surface area contributed by atoms with Gasteiger partial charge in [-0.3, -0.25) is 14.4 Å². The third kappa shape index (κ3) is 1.96. The smallest absolute Gasteiger partial charge is 0.267 e. The second kappa shape index (κ2) is 5.05. The van der Waals surface area contributed by atoms with Crippen molar-refractivity contribution in [1.82, 2.24) is 9.80 Å². The van der Waals surface area contributed by atoms with Crippen molar-refractivity contribution in [1.29, 1.82) is 0 Å². The summed E-state index contributed by atoms with van der Waals surface area (Å²) >= 11 is 0. The Balaban J connectivity index is 2.17. The van der Waals surface area contributed by atoms with E-state index in [2.05, 4.69) is 0 Å². The van der Waals surface area contributed by atoms with Crippen molar-refractivity contribution in [3.63, 3.8) is 0 Å². The van der Waals surface area contributed by atoms with Gasteiger partial charge in [0.2, 0.25) is 12.1 Å². The predicted molar refractivity (Wildman–Crippen MR) is 70.2 cm³/mol. The van der Waals surface area contributed by atoms with Gasteiger partial charge in [-0.15, -0.1) is 0 Å². The lowest BCUT2D eigenvalue weighted by Gasteiger charge is -2.52. The molecule has 0 aromatic carbocycles. The van der Waals surface area contributed by atoms with Gasteiger partial charge in [-0.2, -0.15) is 0 Å². The molecule has 20 heavy (non-hydrogen) atoms. The van der Waals surface area contributed by atoms with Crippen LogP contribution in [0.15, 0.2) is 0 Å². The number of carbonyl (C=O) groups is 3. The number of hydrogen-bond acceptors (Lipinski definition) is 4. The van der Waals surface area contributed by atoms with Crippen LogP contribution in [0.5, 0.6) is 0 Å². The topological polar surface area (TPSA) is 92.9 Å². The molecule has 0 bridgehead atoms. The van der Waals surface area contributed by atoms with Gasteiger partial charge in [-0.05, 0) is 12.8 Å². The van der Waals surface area contributed by atoms with Crippen molar-refractivity contribution in [2.75, 3.05) is 20.2 Å². The number of carbonyl (C=O) groups excluding carboxylic acids is 3. The molecule has 112 valence electrons. The van der Waals surface area contributed by atoms with E-state index in [4.69, 9.17) is 10.5 Å². The van der Waals surface area contributed by atoms with Crippen molar-refractivity contribution < 1.29 is 19.1 Å². The minimum atomic E-state index is -1.05. The fraction of sp³-hybridized carbons (Fsp3) is 0.769. The summed E-state index contributed by atoms with van der Waals surface area (Å²) in [5.74, 6) is -1.12. The van der Waals surface area contributed by atoms with Crippen molar-refractivity contribution in [3.8, 4) is 0 Å². The maximum Gasteiger partial charge on any atom is 0.267 e. The second-order valence-electron chi connectivity index (χ2n) is 5.70. The minimum absolute atomic E-state index is 0.0245. The summed E-state index contributed by atoms with van der Waals surface area (Å²) < 4.78 is 4.96. The zero-order chi connectivity index (χ0) is 15.1. The van der Waals surface area contributed by atoms with Crippen LogP contribution in [0.25, 0.3) is 0 Å². The van der Waals surface area contributed by atoms with Crippen molar-refractivity contribution in [3.05, 3.63) is 0 Å². The molecule has 2 rings (SSSR count). The average Bonchev–Trinajstić information content (AvgIpc) is 2.83. The molecule has 2 aliphatic heterocycles. The molecule has 0 saturated carbocycles. The molecule has 1 spiro atoms. The number of nitrogens with two attached hydrogens (primary N) is 1. The van der Waals surface area contributed by atoms with E-state index in [-0.39, 0.29) is 17.7 Å². The fourth-order valence-corrected chi connectivity index (χ4v) is 3.08. The van der Waals surface area contributed by atoms with E-state index in [1.165, 1.54) is 12.0 Å². The van der Waals surface area contributed by atoms with Gasteiger partial charge >= 0.3 is 0 Å². The molecular weight excluding hydrogens is 262 g/mol. The van der Waals surface area contributed by atoms with E-state index < -0.39 is 17.7 Å². The lowest BCUT2D eigenvalue weighted by Crippen LogP contribution is -2.76. The summed E-state index contributed by atoms with van der Waals surface area (Å²) in [6.07, 6.45) is 0.382. The minimum Gasteiger partial charge on any atom is -0.366 e. The van der Waals surface area contributed by atoms with Gasteiger partial charge in [0.25, 0.3) is 11.8 Å². The van der Waals surface area contributed by atoms with E-state index in [9.17, 15) is 14.4 Å². The Morgan fingerprint density at radius 2 is 2.05 bits per heavy atom. The Labute approximate surface area is 118 Å². The highest BCUT2D eigenvalue weighted by atomic mass is 16.5. The van der Waals surface area contributed by atoms with Gasteiger partial charge in [0.15, 0.2) is 0 Å². The van der Waals surface area contributed by atoms with Crippen molar-refractivity contribution in [2.24, 2.45) is 11.7 Å². The number of nitrogens with zero attached hydrogens (tertiary/aromatic N) is 2. The molecule has 2 heterocycles. The van der Waals surface area contributed by atoms with Crippen LogP contribution in [0, 0.1) is 5.92 Å². The van der Waals surface area contributed by atoms with Crippen LogP contribution < -0.4 is 5.73 Å². The largest absolute Gasteiger partial charge is 0.366 e. The van der Waals surface area contributed by atoms with Crippen LogP contribution in [-0.2, 0) is 19.1 Å². The Kier molecular flexibility index (Phi) is 3.73. The molecule has 2 N–H and O–H groups in total. The Bertz CT molecular complexity index is 451. The molecule has 1 unspecified atom stereocenters. The molecule has 2 fully saturated rings. The van der Waals surface area contributed by atoms with Gasteiger partial charge in [-0.25, -0.2) is 0 Å². The highest BCUT2D eigenvalue weighted by molar-refractivity contribution is 6.00. The van der Waals surface area contributed by atoms with E-state index >= 15 is 0 Å². The first-order valence-electron chi connectivity index (χ1n) is 6.80. The van der Waals surface area contributed by atoms with Crippen LogP contribution >= 0.6 is 0 Å². The number of ether oxygens (including phenoxy) is 1. The van der Waals surface area contributed by atoms with Crippen LogP contribution in [-0.4, -0.2) is 59.5 Å². The number of primary amides is 1. The molecule has 0 radical (unpaired) electrons. The lowest BCUT2D eigenvalue weighted by molar-refractivity contribution is -0.187. The molecule has 7 heteroatoms. The number of β-lactam (4-membered cyclic amide) rings is 1. The number of likely N-dealkylation sites (tertiary alicyclic amines) is 2. The maximum atomic E-state index is 12.5. The van der Waals surface area contributed by atoms with Crippen LogP contribution in [0.4, 0.5) is 0 Å².